The minimum absolute atomic E-state index is 0.0715. The molecule has 6 heteroatoms. The van der Waals surface area contributed by atoms with Crippen LogP contribution in [0.25, 0.3) is 0 Å². The fourth-order valence-corrected chi connectivity index (χ4v) is 1.74. The Balaban J connectivity index is 2.32. The second-order valence-electron chi connectivity index (χ2n) is 3.71. The highest BCUT2D eigenvalue weighted by Crippen LogP contribution is 2.16. The Bertz CT molecular complexity index is 452. The van der Waals surface area contributed by atoms with Crippen molar-refractivity contribution in [1.29, 1.82) is 0 Å². The third-order valence-corrected chi connectivity index (χ3v) is 2.51. The van der Waals surface area contributed by atoms with Crippen LogP contribution in [0.3, 0.4) is 0 Å². The molecule has 2 heterocycles. The molecule has 1 unspecified atom stereocenters. The average molecular weight is 232 g/mol. The average Bonchev–Trinajstić information content (AvgIpc) is 2.81. The van der Waals surface area contributed by atoms with Crippen LogP contribution in [0.1, 0.15) is 30.9 Å². The van der Waals surface area contributed by atoms with E-state index in [0.29, 0.717) is 0 Å². The third-order valence-electron chi connectivity index (χ3n) is 2.51. The summed E-state index contributed by atoms with van der Waals surface area (Å²) in [4.78, 5) is 8.53. The van der Waals surface area contributed by atoms with Crippen LogP contribution in [-0.2, 0) is 6.54 Å². The van der Waals surface area contributed by atoms with Crippen molar-refractivity contribution in [3.05, 3.63) is 36.2 Å². The minimum atomic E-state index is -0.0715. The molecule has 90 valence electrons. The van der Waals surface area contributed by atoms with Gasteiger partial charge in [0, 0.05) is 18.9 Å². The number of aromatic nitrogens is 5. The molecule has 2 rings (SSSR count). The molecule has 0 saturated heterocycles. The van der Waals surface area contributed by atoms with Crippen molar-refractivity contribution in [2.24, 2.45) is 0 Å². The molecule has 0 saturated carbocycles. The number of hydrogen-bond acceptors (Lipinski definition) is 5. The van der Waals surface area contributed by atoms with Gasteiger partial charge in [0.05, 0.1) is 11.9 Å². The second-order valence-corrected chi connectivity index (χ2v) is 3.71. The fraction of sp³-hybridized carbons (Fsp3) is 0.455. The van der Waals surface area contributed by atoms with Gasteiger partial charge in [0.1, 0.15) is 6.04 Å². The molecule has 0 aliphatic carbocycles. The summed E-state index contributed by atoms with van der Waals surface area (Å²) in [6, 6.07) is 1.73. The molecule has 0 fully saturated rings. The van der Waals surface area contributed by atoms with Crippen LogP contribution in [-0.4, -0.2) is 32.0 Å². The Kier molecular flexibility index (Phi) is 3.77. The van der Waals surface area contributed by atoms with Gasteiger partial charge in [-0.25, -0.2) is 14.6 Å². The number of rotatable bonds is 5. The van der Waals surface area contributed by atoms with Gasteiger partial charge in [-0.15, -0.1) is 5.10 Å². The van der Waals surface area contributed by atoms with Gasteiger partial charge in [0.2, 0.25) is 0 Å². The van der Waals surface area contributed by atoms with Crippen molar-refractivity contribution < 1.29 is 0 Å². The Hall–Kier alpha value is -1.82. The lowest BCUT2D eigenvalue weighted by molar-refractivity contribution is 0.513. The van der Waals surface area contributed by atoms with E-state index in [-0.39, 0.29) is 6.04 Å². The zero-order chi connectivity index (χ0) is 12.1. The van der Waals surface area contributed by atoms with Crippen LogP contribution in [0, 0.1) is 0 Å². The van der Waals surface area contributed by atoms with Crippen LogP contribution >= 0.6 is 0 Å². The molecular weight excluding hydrogens is 216 g/mol. The number of aryl methyl sites for hydroxylation is 1. The summed E-state index contributed by atoms with van der Waals surface area (Å²) in [5.41, 5.74) is 0.987. The summed E-state index contributed by atoms with van der Waals surface area (Å²) in [5.74, 6) is 0.731. The molecule has 0 amide bonds. The normalized spacial score (nSPS) is 12.6. The Morgan fingerprint density at radius 1 is 1.35 bits per heavy atom. The number of nitrogens with zero attached hydrogens (tertiary/aromatic N) is 5. The lowest BCUT2D eigenvalue weighted by atomic mass is 10.2. The molecule has 1 N–H and O–H groups in total. The maximum Gasteiger partial charge on any atom is 0.151 e. The molecule has 0 aromatic carbocycles. The summed E-state index contributed by atoms with van der Waals surface area (Å²) in [6.07, 6.45) is 6.25. The molecule has 1 atom stereocenters. The van der Waals surface area contributed by atoms with Gasteiger partial charge in [-0.3, -0.25) is 0 Å². The van der Waals surface area contributed by atoms with Gasteiger partial charge < -0.3 is 5.32 Å². The van der Waals surface area contributed by atoms with Gasteiger partial charge >= 0.3 is 0 Å². The zero-order valence-electron chi connectivity index (χ0n) is 10.0. The van der Waals surface area contributed by atoms with Gasteiger partial charge in [-0.1, -0.05) is 12.1 Å². The van der Waals surface area contributed by atoms with Crippen molar-refractivity contribution in [2.45, 2.75) is 25.9 Å². The quantitative estimate of drug-likeness (QED) is 0.825. The molecule has 6 nitrogen and oxygen atoms in total. The standard InChI is InChI=1S/C11H16N6/c1-3-7-17-9(8-15-16-17)10(12-2)11-13-5-4-6-14-11/h4-6,8,10,12H,3,7H2,1-2H3. The van der Waals surface area contributed by atoms with E-state index in [1.54, 1.807) is 24.7 Å². The summed E-state index contributed by atoms with van der Waals surface area (Å²) >= 11 is 0. The second kappa shape index (κ2) is 5.49. The smallest absolute Gasteiger partial charge is 0.151 e. The van der Waals surface area contributed by atoms with Crippen LogP contribution in [0.5, 0.6) is 0 Å². The molecule has 2 aromatic rings. The summed E-state index contributed by atoms with van der Waals surface area (Å²) < 4.78 is 1.89. The van der Waals surface area contributed by atoms with E-state index >= 15 is 0 Å². The maximum absolute atomic E-state index is 4.26. The molecule has 0 aliphatic rings. The number of hydrogen-bond donors (Lipinski definition) is 1. The van der Waals surface area contributed by atoms with E-state index in [4.69, 9.17) is 0 Å². The summed E-state index contributed by atoms with van der Waals surface area (Å²) in [6.45, 7) is 2.96. The van der Waals surface area contributed by atoms with Crippen LogP contribution in [0.15, 0.2) is 24.7 Å². The van der Waals surface area contributed by atoms with Gasteiger partial charge in [0.15, 0.2) is 5.82 Å². The van der Waals surface area contributed by atoms with Crippen molar-refractivity contribution in [2.75, 3.05) is 7.05 Å². The van der Waals surface area contributed by atoms with Crippen molar-refractivity contribution in [3.8, 4) is 0 Å². The van der Waals surface area contributed by atoms with E-state index in [9.17, 15) is 0 Å². The fourth-order valence-electron chi connectivity index (χ4n) is 1.74. The number of nitrogens with one attached hydrogen (secondary N) is 1. The van der Waals surface area contributed by atoms with Crippen molar-refractivity contribution in [1.82, 2.24) is 30.3 Å². The first-order chi connectivity index (χ1) is 8.36. The van der Waals surface area contributed by atoms with E-state index in [0.717, 1.165) is 24.5 Å². The molecule has 0 aliphatic heterocycles. The van der Waals surface area contributed by atoms with E-state index in [1.807, 2.05) is 11.7 Å². The zero-order valence-corrected chi connectivity index (χ0v) is 10.0. The minimum Gasteiger partial charge on any atom is -0.305 e. The largest absolute Gasteiger partial charge is 0.305 e. The molecular formula is C11H16N6. The summed E-state index contributed by atoms with van der Waals surface area (Å²) in [5, 5.41) is 11.2. The van der Waals surface area contributed by atoms with Crippen LogP contribution in [0.2, 0.25) is 0 Å². The Morgan fingerprint density at radius 2 is 2.12 bits per heavy atom. The monoisotopic (exact) mass is 232 g/mol. The van der Waals surface area contributed by atoms with E-state index in [2.05, 4.69) is 32.5 Å². The highest BCUT2D eigenvalue weighted by molar-refractivity contribution is 5.13. The first kappa shape index (κ1) is 11.7. The van der Waals surface area contributed by atoms with Crippen LogP contribution in [0.4, 0.5) is 0 Å². The van der Waals surface area contributed by atoms with Gasteiger partial charge in [0.25, 0.3) is 0 Å². The topological polar surface area (TPSA) is 68.5 Å². The Labute approximate surface area is 100 Å². The van der Waals surface area contributed by atoms with E-state index in [1.165, 1.54) is 0 Å². The van der Waals surface area contributed by atoms with Crippen molar-refractivity contribution >= 4 is 0 Å². The lowest BCUT2D eigenvalue weighted by Gasteiger charge is -2.15. The maximum atomic E-state index is 4.26. The predicted octanol–water partition coefficient (Wildman–Crippen LogP) is 0.787. The first-order valence-corrected chi connectivity index (χ1v) is 5.69. The van der Waals surface area contributed by atoms with Gasteiger partial charge in [-0.05, 0) is 19.5 Å². The first-order valence-electron chi connectivity index (χ1n) is 5.69. The third kappa shape index (κ3) is 2.47. The van der Waals surface area contributed by atoms with Gasteiger partial charge in [-0.2, -0.15) is 0 Å². The molecule has 0 radical (unpaired) electrons. The molecule has 0 bridgehead atoms. The highest BCUT2D eigenvalue weighted by atomic mass is 15.4. The predicted molar refractivity (Wildman–Crippen MR) is 63.2 cm³/mol. The molecule has 0 spiro atoms. The SMILES string of the molecule is CCCn1nncc1C(NC)c1ncccn1. The van der Waals surface area contributed by atoms with Crippen molar-refractivity contribution in [3.63, 3.8) is 0 Å². The highest BCUT2D eigenvalue weighted by Gasteiger charge is 2.19. The Morgan fingerprint density at radius 3 is 2.76 bits per heavy atom. The van der Waals surface area contributed by atoms with Crippen LogP contribution < -0.4 is 5.32 Å². The summed E-state index contributed by atoms with van der Waals surface area (Å²) in [7, 11) is 1.88. The van der Waals surface area contributed by atoms with E-state index < -0.39 is 0 Å². The molecule has 2 aromatic heterocycles. The molecule has 17 heavy (non-hydrogen) atoms. The lowest BCUT2D eigenvalue weighted by Crippen LogP contribution is -2.23.